The maximum atomic E-state index is 13.3. The van der Waals surface area contributed by atoms with Crippen molar-refractivity contribution in [2.45, 2.75) is 0 Å². The number of hydrogen-bond acceptors (Lipinski definition) is 4. The molecule has 15 heavy (non-hydrogen) atoms. The van der Waals surface area contributed by atoms with E-state index < -0.39 is 5.82 Å². The van der Waals surface area contributed by atoms with Gasteiger partial charge in [0.2, 0.25) is 0 Å². The fourth-order valence-electron chi connectivity index (χ4n) is 1.71. The SMILES string of the molecule is O=Cc1c(F)cncc1N1CCNCC1. The molecule has 0 aliphatic carbocycles. The third-order valence-electron chi connectivity index (χ3n) is 2.49. The molecule has 5 heteroatoms. The fraction of sp³-hybridized carbons (Fsp3) is 0.400. The highest BCUT2D eigenvalue weighted by molar-refractivity contribution is 5.84. The summed E-state index contributed by atoms with van der Waals surface area (Å²) >= 11 is 0. The van der Waals surface area contributed by atoms with Crippen LogP contribution in [0.3, 0.4) is 0 Å². The maximum absolute atomic E-state index is 13.3. The topological polar surface area (TPSA) is 45.2 Å². The summed E-state index contributed by atoms with van der Waals surface area (Å²) < 4.78 is 13.3. The summed E-state index contributed by atoms with van der Waals surface area (Å²) in [6.45, 7) is 3.22. The molecule has 0 spiro atoms. The zero-order valence-corrected chi connectivity index (χ0v) is 8.24. The molecule has 0 amide bonds. The fourth-order valence-corrected chi connectivity index (χ4v) is 1.71. The van der Waals surface area contributed by atoms with Gasteiger partial charge in [0.1, 0.15) is 0 Å². The van der Waals surface area contributed by atoms with Gasteiger partial charge in [-0.2, -0.15) is 0 Å². The number of anilines is 1. The van der Waals surface area contributed by atoms with E-state index in [-0.39, 0.29) is 5.56 Å². The molecule has 0 atom stereocenters. The zero-order chi connectivity index (χ0) is 10.7. The van der Waals surface area contributed by atoms with Gasteiger partial charge < -0.3 is 10.2 Å². The Bertz CT molecular complexity index is 364. The first-order valence-corrected chi connectivity index (χ1v) is 4.87. The lowest BCUT2D eigenvalue weighted by molar-refractivity contribution is 0.112. The molecule has 1 aliphatic heterocycles. The predicted molar refractivity (Wildman–Crippen MR) is 54.7 cm³/mol. The van der Waals surface area contributed by atoms with E-state index in [9.17, 15) is 9.18 Å². The quantitative estimate of drug-likeness (QED) is 0.718. The molecule has 4 nitrogen and oxygen atoms in total. The number of piperazine rings is 1. The summed E-state index contributed by atoms with van der Waals surface area (Å²) in [4.78, 5) is 16.5. The molecule has 1 aromatic rings. The lowest BCUT2D eigenvalue weighted by Crippen LogP contribution is -2.44. The van der Waals surface area contributed by atoms with Crippen molar-refractivity contribution in [3.05, 3.63) is 23.8 Å². The van der Waals surface area contributed by atoms with E-state index in [4.69, 9.17) is 0 Å². The Morgan fingerprint density at radius 1 is 1.40 bits per heavy atom. The molecule has 2 heterocycles. The first-order valence-electron chi connectivity index (χ1n) is 4.87. The number of aromatic nitrogens is 1. The van der Waals surface area contributed by atoms with Crippen LogP contribution in [0.25, 0.3) is 0 Å². The van der Waals surface area contributed by atoms with Crippen LogP contribution in [0.5, 0.6) is 0 Å². The Kier molecular flexibility index (Phi) is 2.91. The highest BCUT2D eigenvalue weighted by Crippen LogP contribution is 2.20. The maximum Gasteiger partial charge on any atom is 0.155 e. The number of carbonyl (C=O) groups excluding carboxylic acids is 1. The average molecular weight is 209 g/mol. The van der Waals surface area contributed by atoms with Crippen molar-refractivity contribution in [3.63, 3.8) is 0 Å². The van der Waals surface area contributed by atoms with Crippen LogP contribution in [0.15, 0.2) is 12.4 Å². The smallest absolute Gasteiger partial charge is 0.155 e. The number of carbonyl (C=O) groups is 1. The largest absolute Gasteiger partial charge is 0.367 e. The number of halogens is 1. The summed E-state index contributed by atoms with van der Waals surface area (Å²) in [5.74, 6) is -0.555. The second-order valence-electron chi connectivity index (χ2n) is 3.41. The predicted octanol–water partition coefficient (Wildman–Crippen LogP) is 0.443. The molecule has 1 aromatic heterocycles. The first-order chi connectivity index (χ1) is 7.33. The van der Waals surface area contributed by atoms with Crippen LogP contribution >= 0.6 is 0 Å². The average Bonchev–Trinajstić information content (AvgIpc) is 2.30. The molecule has 1 N–H and O–H groups in total. The Labute approximate surface area is 87.1 Å². The van der Waals surface area contributed by atoms with Gasteiger partial charge in [-0.1, -0.05) is 0 Å². The van der Waals surface area contributed by atoms with Crippen LogP contribution in [0, 0.1) is 5.82 Å². The Morgan fingerprint density at radius 2 is 2.13 bits per heavy atom. The van der Waals surface area contributed by atoms with Gasteiger partial charge in [0.05, 0.1) is 23.6 Å². The number of hydrogen-bond donors (Lipinski definition) is 1. The first kappa shape index (κ1) is 10.0. The van der Waals surface area contributed by atoms with E-state index in [1.807, 2.05) is 4.90 Å². The Morgan fingerprint density at radius 3 is 2.80 bits per heavy atom. The van der Waals surface area contributed by atoms with Gasteiger partial charge in [0, 0.05) is 26.2 Å². The van der Waals surface area contributed by atoms with Crippen LogP contribution in [0.2, 0.25) is 0 Å². The second-order valence-corrected chi connectivity index (χ2v) is 3.41. The van der Waals surface area contributed by atoms with Crippen LogP contribution in [-0.2, 0) is 0 Å². The molecule has 0 saturated carbocycles. The lowest BCUT2D eigenvalue weighted by Gasteiger charge is -2.29. The summed E-state index contributed by atoms with van der Waals surface area (Å²) in [6.07, 6.45) is 3.15. The van der Waals surface area contributed by atoms with E-state index in [0.717, 1.165) is 32.4 Å². The molecule has 1 aliphatic rings. The van der Waals surface area contributed by atoms with Crippen molar-refractivity contribution in [1.82, 2.24) is 10.3 Å². The minimum Gasteiger partial charge on any atom is -0.367 e. The van der Waals surface area contributed by atoms with Crippen LogP contribution in [0.1, 0.15) is 10.4 Å². The van der Waals surface area contributed by atoms with Crippen molar-refractivity contribution in [2.75, 3.05) is 31.1 Å². The number of rotatable bonds is 2. The van der Waals surface area contributed by atoms with E-state index >= 15 is 0 Å². The lowest BCUT2D eigenvalue weighted by atomic mass is 10.2. The van der Waals surface area contributed by atoms with Crippen molar-refractivity contribution < 1.29 is 9.18 Å². The molecule has 1 fully saturated rings. The zero-order valence-electron chi connectivity index (χ0n) is 8.24. The van der Waals surface area contributed by atoms with E-state index in [1.54, 1.807) is 0 Å². The van der Waals surface area contributed by atoms with Gasteiger partial charge in [-0.25, -0.2) is 4.39 Å². The molecule has 0 unspecified atom stereocenters. The molecule has 0 radical (unpaired) electrons. The molecule has 0 aromatic carbocycles. The highest BCUT2D eigenvalue weighted by atomic mass is 19.1. The van der Waals surface area contributed by atoms with E-state index in [1.165, 1.54) is 6.20 Å². The third kappa shape index (κ3) is 1.97. The Hall–Kier alpha value is -1.49. The minimum atomic E-state index is -0.555. The molecular formula is C10H12FN3O. The third-order valence-corrected chi connectivity index (χ3v) is 2.49. The Balaban J connectivity index is 2.33. The number of pyridine rings is 1. The monoisotopic (exact) mass is 209 g/mol. The van der Waals surface area contributed by atoms with E-state index in [2.05, 4.69) is 10.3 Å². The molecular weight excluding hydrogens is 197 g/mol. The van der Waals surface area contributed by atoms with Crippen LogP contribution in [-0.4, -0.2) is 37.4 Å². The summed E-state index contributed by atoms with van der Waals surface area (Å²) in [7, 11) is 0. The summed E-state index contributed by atoms with van der Waals surface area (Å²) in [6, 6.07) is 0. The van der Waals surface area contributed by atoms with Gasteiger partial charge in [0.15, 0.2) is 12.1 Å². The van der Waals surface area contributed by atoms with Gasteiger partial charge >= 0.3 is 0 Å². The van der Waals surface area contributed by atoms with Crippen molar-refractivity contribution >= 4 is 12.0 Å². The normalized spacial score (nSPS) is 16.5. The molecule has 80 valence electrons. The van der Waals surface area contributed by atoms with Gasteiger partial charge in [-0.05, 0) is 0 Å². The van der Waals surface area contributed by atoms with Gasteiger partial charge in [-0.3, -0.25) is 9.78 Å². The standard InChI is InChI=1S/C10H12FN3O/c11-9-5-13-6-10(8(9)7-15)14-3-1-12-2-4-14/h5-7,12H,1-4H2. The van der Waals surface area contributed by atoms with Crippen molar-refractivity contribution in [1.29, 1.82) is 0 Å². The van der Waals surface area contributed by atoms with Crippen LogP contribution < -0.4 is 10.2 Å². The van der Waals surface area contributed by atoms with Gasteiger partial charge in [-0.15, -0.1) is 0 Å². The molecule has 1 saturated heterocycles. The summed E-state index contributed by atoms with van der Waals surface area (Å²) in [5, 5.41) is 3.19. The van der Waals surface area contributed by atoms with Gasteiger partial charge in [0.25, 0.3) is 0 Å². The molecule has 0 bridgehead atoms. The summed E-state index contributed by atoms with van der Waals surface area (Å²) in [5.41, 5.74) is 0.693. The minimum absolute atomic E-state index is 0.104. The highest BCUT2D eigenvalue weighted by Gasteiger charge is 2.16. The van der Waals surface area contributed by atoms with E-state index in [0.29, 0.717) is 12.0 Å². The van der Waals surface area contributed by atoms with Crippen molar-refractivity contribution in [3.8, 4) is 0 Å². The second kappa shape index (κ2) is 4.35. The molecule has 2 rings (SSSR count). The number of nitrogens with one attached hydrogen (secondary N) is 1. The number of nitrogens with zero attached hydrogens (tertiary/aromatic N) is 2. The number of aldehydes is 1. The van der Waals surface area contributed by atoms with Crippen LogP contribution in [0.4, 0.5) is 10.1 Å². The van der Waals surface area contributed by atoms with Crippen molar-refractivity contribution in [2.24, 2.45) is 0 Å².